The van der Waals surface area contributed by atoms with Gasteiger partial charge in [0.25, 0.3) is 0 Å². The highest BCUT2D eigenvalue weighted by Gasteiger charge is 2.66. The fourth-order valence-electron chi connectivity index (χ4n) is 3.63. The molecule has 2 heterocycles. The number of rotatable bonds is 1. The Morgan fingerprint density at radius 2 is 1.84 bits per heavy atom. The molecular weight excluding hydrogens is 327 g/mol. The molecule has 9 heteroatoms. The molecule has 25 heavy (non-hydrogen) atoms. The van der Waals surface area contributed by atoms with Gasteiger partial charge in [-0.05, 0) is 46.1 Å². The van der Waals surface area contributed by atoms with E-state index in [1.807, 2.05) is 20.8 Å². The summed E-state index contributed by atoms with van der Waals surface area (Å²) < 4.78 is 16.1. The lowest BCUT2D eigenvalue weighted by Gasteiger charge is -2.25. The zero-order valence-electron chi connectivity index (χ0n) is 15.2. The van der Waals surface area contributed by atoms with Crippen molar-refractivity contribution >= 4 is 25.2 Å². The second kappa shape index (κ2) is 6.19. The van der Waals surface area contributed by atoms with E-state index in [0.29, 0.717) is 13.1 Å². The van der Waals surface area contributed by atoms with E-state index in [4.69, 9.17) is 14.0 Å². The molecule has 8 nitrogen and oxygen atoms in total. The summed E-state index contributed by atoms with van der Waals surface area (Å²) in [7, 11) is 0.809. The van der Waals surface area contributed by atoms with E-state index in [1.165, 1.54) is 0 Å². The van der Waals surface area contributed by atoms with Crippen molar-refractivity contribution in [1.29, 1.82) is 0 Å². The lowest BCUT2D eigenvalue weighted by molar-refractivity contribution is -0.145. The Labute approximate surface area is 147 Å². The zero-order chi connectivity index (χ0) is 18.4. The van der Waals surface area contributed by atoms with Crippen LogP contribution < -0.4 is 0 Å². The molecule has 1 saturated carbocycles. The second-order valence-electron chi connectivity index (χ2n) is 8.35. The predicted molar refractivity (Wildman–Crippen MR) is 88.7 cm³/mol. The maximum atomic E-state index is 12.2. The monoisotopic (exact) mass is 352 g/mol. The molecule has 0 radical (unpaired) electrons. The number of hydrogen-bond donors (Lipinski definition) is 0. The molecule has 0 bridgehead atoms. The van der Waals surface area contributed by atoms with Gasteiger partial charge in [0.1, 0.15) is 5.60 Å². The van der Waals surface area contributed by atoms with Crippen LogP contribution in [0.15, 0.2) is 0 Å². The molecule has 0 aromatic heterocycles. The summed E-state index contributed by atoms with van der Waals surface area (Å²) in [5.41, 5.74) is -0.681. The van der Waals surface area contributed by atoms with Crippen LogP contribution in [-0.2, 0) is 23.6 Å². The first-order valence-corrected chi connectivity index (χ1v) is 8.63. The van der Waals surface area contributed by atoms with Gasteiger partial charge in [0.2, 0.25) is 0 Å². The van der Waals surface area contributed by atoms with E-state index in [2.05, 4.69) is 0 Å². The van der Waals surface area contributed by atoms with Crippen molar-refractivity contribution in [3.05, 3.63) is 0 Å². The third-order valence-corrected chi connectivity index (χ3v) is 4.91. The molecule has 0 N–H and O–H groups in total. The summed E-state index contributed by atoms with van der Waals surface area (Å²) in [6, 6.07) is 0. The number of nitrogens with zero attached hydrogens (tertiary/aromatic N) is 2. The number of hydrogen-bond acceptors (Lipinski definition) is 7. The topological polar surface area (TPSA) is 85.4 Å². The molecule has 3 aliphatic rings. The van der Waals surface area contributed by atoms with Crippen LogP contribution >= 0.6 is 0 Å². The lowest BCUT2D eigenvalue weighted by Crippen LogP contribution is -2.43. The van der Waals surface area contributed by atoms with Crippen LogP contribution in [0.5, 0.6) is 0 Å². The van der Waals surface area contributed by atoms with Crippen LogP contribution in [0.2, 0.25) is 5.82 Å². The smallest absolute Gasteiger partial charge is 0.498 e. The van der Waals surface area contributed by atoms with E-state index in [0.717, 1.165) is 12.8 Å². The highest BCUT2D eigenvalue weighted by atomic mass is 16.6. The average molecular weight is 352 g/mol. The Bertz CT molecular complexity index is 572. The molecule has 3 fully saturated rings. The largest absolute Gasteiger partial charge is 0.602 e. The molecule has 2 atom stereocenters. The number of amides is 1. The standard InChI is InChI=1S/C16H25BN2O6/c1-15(2,3)23-14(22)19-6-5-16(10-19)7-11(16)17-24-12(20)8-18(4)9-13(21)25-17/h11H,5-10H2,1-4H3/t11-,16+/m0/s1. The Balaban J connectivity index is 1.60. The first-order chi connectivity index (χ1) is 11.6. The van der Waals surface area contributed by atoms with Gasteiger partial charge in [0, 0.05) is 18.9 Å². The highest BCUT2D eigenvalue weighted by molar-refractivity contribution is 6.52. The van der Waals surface area contributed by atoms with E-state index in [1.54, 1.807) is 16.8 Å². The molecule has 3 rings (SSSR count). The minimum atomic E-state index is -0.854. The molecule has 0 unspecified atom stereocenters. The van der Waals surface area contributed by atoms with Crippen molar-refractivity contribution < 1.29 is 28.4 Å². The molecule has 1 amide bonds. The minimum Gasteiger partial charge on any atom is -0.498 e. The van der Waals surface area contributed by atoms with Gasteiger partial charge in [-0.15, -0.1) is 0 Å². The quantitative estimate of drug-likeness (QED) is 0.649. The van der Waals surface area contributed by atoms with E-state index >= 15 is 0 Å². The Morgan fingerprint density at radius 1 is 1.24 bits per heavy atom. The van der Waals surface area contributed by atoms with Gasteiger partial charge < -0.3 is 18.9 Å². The van der Waals surface area contributed by atoms with E-state index in [-0.39, 0.29) is 30.4 Å². The lowest BCUT2D eigenvalue weighted by atomic mass is 9.76. The summed E-state index contributed by atoms with van der Waals surface area (Å²) >= 11 is 0. The fraction of sp³-hybridized carbons (Fsp3) is 0.812. The Hall–Kier alpha value is -1.77. The van der Waals surface area contributed by atoms with Gasteiger partial charge in [-0.3, -0.25) is 14.5 Å². The van der Waals surface area contributed by atoms with Crippen LogP contribution in [0.25, 0.3) is 0 Å². The minimum absolute atomic E-state index is 0.0590. The molecule has 0 aromatic rings. The van der Waals surface area contributed by atoms with Crippen LogP contribution in [0.4, 0.5) is 4.79 Å². The van der Waals surface area contributed by atoms with Crippen molar-refractivity contribution in [2.45, 2.75) is 45.0 Å². The molecule has 0 aromatic carbocycles. The summed E-state index contributed by atoms with van der Waals surface area (Å²) in [5.74, 6) is -0.857. The fourth-order valence-corrected chi connectivity index (χ4v) is 3.63. The van der Waals surface area contributed by atoms with Crippen molar-refractivity contribution in [1.82, 2.24) is 9.80 Å². The SMILES string of the molecule is CN1CC(=O)OB([C@H]2C[C@@]23CCN(C(=O)OC(C)(C)C)C3)OC(=O)C1. The van der Waals surface area contributed by atoms with E-state index in [9.17, 15) is 14.4 Å². The van der Waals surface area contributed by atoms with Gasteiger partial charge in [-0.25, -0.2) is 4.79 Å². The first kappa shape index (κ1) is 18.0. The second-order valence-corrected chi connectivity index (χ2v) is 8.35. The summed E-state index contributed by atoms with van der Waals surface area (Å²) in [4.78, 5) is 39.2. The van der Waals surface area contributed by atoms with Crippen LogP contribution in [0, 0.1) is 5.41 Å². The van der Waals surface area contributed by atoms with Crippen LogP contribution in [0.1, 0.15) is 33.6 Å². The molecular formula is C16H25BN2O6. The molecule has 2 aliphatic heterocycles. The Morgan fingerprint density at radius 3 is 2.40 bits per heavy atom. The molecule has 1 spiro atoms. The van der Waals surface area contributed by atoms with Gasteiger partial charge in [0.15, 0.2) is 0 Å². The number of likely N-dealkylation sites (N-methyl/N-ethyl adjacent to an activating group) is 1. The van der Waals surface area contributed by atoms with Gasteiger partial charge in [0.05, 0.1) is 13.1 Å². The highest BCUT2D eigenvalue weighted by Crippen LogP contribution is 2.64. The summed E-state index contributed by atoms with van der Waals surface area (Å²) in [5, 5.41) is 0. The predicted octanol–water partition coefficient (Wildman–Crippen LogP) is 0.907. The summed E-state index contributed by atoms with van der Waals surface area (Å²) in [6.45, 7) is 6.77. The molecule has 1 aliphatic carbocycles. The third-order valence-electron chi connectivity index (χ3n) is 4.91. The van der Waals surface area contributed by atoms with Crippen LogP contribution in [0.3, 0.4) is 0 Å². The maximum Gasteiger partial charge on any atom is 0.602 e. The van der Waals surface area contributed by atoms with Gasteiger partial charge in [-0.1, -0.05) is 0 Å². The molecule has 138 valence electrons. The number of carbonyl (C=O) groups is 3. The zero-order valence-corrected chi connectivity index (χ0v) is 15.2. The average Bonchev–Trinajstić information content (AvgIpc) is 2.94. The van der Waals surface area contributed by atoms with Crippen molar-refractivity contribution in [3.63, 3.8) is 0 Å². The normalized spacial score (nSPS) is 30.6. The first-order valence-electron chi connectivity index (χ1n) is 8.63. The van der Waals surface area contributed by atoms with Crippen molar-refractivity contribution in [2.24, 2.45) is 5.41 Å². The van der Waals surface area contributed by atoms with Gasteiger partial charge >= 0.3 is 25.2 Å². The number of likely N-dealkylation sites (tertiary alicyclic amines) is 1. The van der Waals surface area contributed by atoms with Crippen molar-refractivity contribution in [3.8, 4) is 0 Å². The maximum absolute atomic E-state index is 12.2. The summed E-state index contributed by atoms with van der Waals surface area (Å²) in [6.07, 6.45) is 1.23. The van der Waals surface area contributed by atoms with Gasteiger partial charge in [-0.2, -0.15) is 0 Å². The number of ether oxygens (including phenoxy) is 1. The third kappa shape index (κ3) is 4.08. The Kier molecular flexibility index (Phi) is 4.47. The molecule has 2 saturated heterocycles. The van der Waals surface area contributed by atoms with Crippen molar-refractivity contribution in [2.75, 3.05) is 33.2 Å². The number of carbonyl (C=O) groups excluding carboxylic acids is 3. The van der Waals surface area contributed by atoms with E-state index < -0.39 is 24.7 Å². The van der Waals surface area contributed by atoms with Crippen LogP contribution in [-0.4, -0.2) is 73.8 Å².